The Morgan fingerprint density at radius 2 is 1.70 bits per heavy atom. The standard InChI is InChI=1S/C19H15F2N3O3/c1-26-18(25)16-17(23-24-22-16)27-14-8-6-12(7-9-14)11-2-4-13(5-3-11)15-10-19(15,20)21/h2-9,15H,10H2,1H3,(H,22,23,24). The zero-order valence-corrected chi connectivity index (χ0v) is 14.3. The Kier molecular flexibility index (Phi) is 4.10. The van der Waals surface area contributed by atoms with Crippen LogP contribution in [0.25, 0.3) is 11.1 Å². The maximum Gasteiger partial charge on any atom is 0.364 e. The van der Waals surface area contributed by atoms with Gasteiger partial charge in [-0.05, 0) is 28.8 Å². The summed E-state index contributed by atoms with van der Waals surface area (Å²) in [4.78, 5) is 11.6. The van der Waals surface area contributed by atoms with Crippen molar-refractivity contribution in [2.24, 2.45) is 0 Å². The molecule has 3 aromatic rings. The second kappa shape index (κ2) is 6.46. The normalized spacial score (nSPS) is 17.4. The number of rotatable bonds is 5. The smallest absolute Gasteiger partial charge is 0.364 e. The molecule has 8 heteroatoms. The molecule has 0 spiro atoms. The molecule has 1 atom stereocenters. The summed E-state index contributed by atoms with van der Waals surface area (Å²) >= 11 is 0. The third-order valence-corrected chi connectivity index (χ3v) is 4.44. The van der Waals surface area contributed by atoms with E-state index in [0.717, 1.165) is 11.1 Å². The number of nitrogens with zero attached hydrogens (tertiary/aromatic N) is 2. The minimum Gasteiger partial charge on any atom is -0.464 e. The molecule has 138 valence electrons. The third kappa shape index (κ3) is 3.38. The Morgan fingerprint density at radius 1 is 1.11 bits per heavy atom. The van der Waals surface area contributed by atoms with Gasteiger partial charge >= 0.3 is 5.97 Å². The maximum atomic E-state index is 13.2. The van der Waals surface area contributed by atoms with Gasteiger partial charge in [-0.1, -0.05) is 41.6 Å². The second-order valence-electron chi connectivity index (χ2n) is 6.25. The Bertz CT molecular complexity index is 969. The number of aromatic amines is 1. The molecular formula is C19H15F2N3O3. The SMILES string of the molecule is COC(=O)c1nn[nH]c1Oc1ccc(-c2ccc(C3CC3(F)F)cc2)cc1. The molecule has 4 rings (SSSR count). The van der Waals surface area contributed by atoms with E-state index >= 15 is 0 Å². The molecule has 1 N–H and O–H groups in total. The average Bonchev–Trinajstić information content (AvgIpc) is 3.09. The molecule has 0 radical (unpaired) electrons. The van der Waals surface area contributed by atoms with Gasteiger partial charge in [-0.3, -0.25) is 0 Å². The van der Waals surface area contributed by atoms with Crippen molar-refractivity contribution in [3.05, 3.63) is 59.8 Å². The van der Waals surface area contributed by atoms with E-state index in [2.05, 4.69) is 20.1 Å². The lowest BCUT2D eigenvalue weighted by Gasteiger charge is -2.07. The van der Waals surface area contributed by atoms with Crippen LogP contribution in [-0.4, -0.2) is 34.4 Å². The fourth-order valence-electron chi connectivity index (χ4n) is 2.84. The van der Waals surface area contributed by atoms with Crippen LogP contribution in [0.4, 0.5) is 8.78 Å². The van der Waals surface area contributed by atoms with E-state index in [1.165, 1.54) is 7.11 Å². The fourth-order valence-corrected chi connectivity index (χ4v) is 2.84. The van der Waals surface area contributed by atoms with Gasteiger partial charge in [0.15, 0.2) is 0 Å². The Balaban J connectivity index is 1.48. The molecular weight excluding hydrogens is 356 g/mol. The molecule has 1 aliphatic carbocycles. The van der Waals surface area contributed by atoms with E-state index < -0.39 is 17.8 Å². The lowest BCUT2D eigenvalue weighted by Crippen LogP contribution is -2.03. The highest BCUT2D eigenvalue weighted by atomic mass is 19.3. The van der Waals surface area contributed by atoms with E-state index in [-0.39, 0.29) is 18.0 Å². The minimum absolute atomic E-state index is 0.0472. The number of benzene rings is 2. The highest BCUT2D eigenvalue weighted by molar-refractivity contribution is 5.89. The van der Waals surface area contributed by atoms with Crippen molar-refractivity contribution in [1.29, 1.82) is 0 Å². The lowest BCUT2D eigenvalue weighted by atomic mass is 10.0. The summed E-state index contributed by atoms with van der Waals surface area (Å²) in [6, 6.07) is 14.2. The number of hydrogen-bond donors (Lipinski definition) is 1. The summed E-state index contributed by atoms with van der Waals surface area (Å²) in [6.45, 7) is 0. The molecule has 6 nitrogen and oxygen atoms in total. The number of alkyl halides is 2. The van der Waals surface area contributed by atoms with E-state index in [1.54, 1.807) is 24.3 Å². The van der Waals surface area contributed by atoms with E-state index in [9.17, 15) is 13.6 Å². The highest BCUT2D eigenvalue weighted by Crippen LogP contribution is 2.55. The summed E-state index contributed by atoms with van der Waals surface area (Å²) in [6.07, 6.45) is -0.0750. The molecule has 1 aliphatic rings. The van der Waals surface area contributed by atoms with Crippen LogP contribution in [0.3, 0.4) is 0 Å². The van der Waals surface area contributed by atoms with Gasteiger partial charge < -0.3 is 9.47 Å². The van der Waals surface area contributed by atoms with Gasteiger partial charge in [0, 0.05) is 6.42 Å². The Labute approximate surface area is 153 Å². The van der Waals surface area contributed by atoms with Gasteiger partial charge in [0.1, 0.15) is 5.75 Å². The number of carbonyl (C=O) groups excluding carboxylic acids is 1. The van der Waals surface area contributed by atoms with Crippen molar-refractivity contribution in [3.63, 3.8) is 0 Å². The number of methoxy groups -OCH3 is 1. The monoisotopic (exact) mass is 371 g/mol. The zero-order valence-electron chi connectivity index (χ0n) is 14.3. The first-order valence-corrected chi connectivity index (χ1v) is 8.23. The maximum absolute atomic E-state index is 13.2. The number of esters is 1. The topological polar surface area (TPSA) is 77.1 Å². The van der Waals surface area contributed by atoms with Gasteiger partial charge in [-0.25, -0.2) is 18.7 Å². The number of carbonyl (C=O) groups is 1. The van der Waals surface area contributed by atoms with Crippen molar-refractivity contribution < 1.29 is 23.0 Å². The number of halogens is 2. The quantitative estimate of drug-likeness (QED) is 0.681. The molecule has 1 heterocycles. The second-order valence-corrected chi connectivity index (χ2v) is 6.25. The van der Waals surface area contributed by atoms with E-state index in [4.69, 9.17) is 4.74 Å². The third-order valence-electron chi connectivity index (χ3n) is 4.44. The van der Waals surface area contributed by atoms with Crippen LogP contribution in [0.5, 0.6) is 11.6 Å². The summed E-state index contributed by atoms with van der Waals surface area (Å²) < 4.78 is 36.5. The molecule has 0 saturated heterocycles. The van der Waals surface area contributed by atoms with Crippen LogP contribution in [0, 0.1) is 0 Å². The number of ether oxygens (including phenoxy) is 2. The van der Waals surface area contributed by atoms with Crippen molar-refractivity contribution in [3.8, 4) is 22.8 Å². The molecule has 27 heavy (non-hydrogen) atoms. The first kappa shape index (κ1) is 17.1. The van der Waals surface area contributed by atoms with Gasteiger partial charge in [-0.2, -0.15) is 0 Å². The van der Waals surface area contributed by atoms with Crippen LogP contribution in [-0.2, 0) is 4.74 Å². The minimum atomic E-state index is -2.56. The van der Waals surface area contributed by atoms with Crippen molar-refractivity contribution in [1.82, 2.24) is 15.4 Å². The summed E-state index contributed by atoms with van der Waals surface area (Å²) in [5.41, 5.74) is 2.43. The number of hydrogen-bond acceptors (Lipinski definition) is 5. The molecule has 1 fully saturated rings. The van der Waals surface area contributed by atoms with Gasteiger partial charge in [0.2, 0.25) is 5.69 Å². The molecule has 0 bridgehead atoms. The number of nitrogens with one attached hydrogen (secondary N) is 1. The van der Waals surface area contributed by atoms with E-state index in [1.807, 2.05) is 24.3 Å². The molecule has 1 unspecified atom stereocenters. The van der Waals surface area contributed by atoms with Crippen LogP contribution >= 0.6 is 0 Å². The fraction of sp³-hybridized carbons (Fsp3) is 0.211. The van der Waals surface area contributed by atoms with Gasteiger partial charge in [-0.15, -0.1) is 5.10 Å². The van der Waals surface area contributed by atoms with Gasteiger partial charge in [0.25, 0.3) is 11.8 Å². The van der Waals surface area contributed by atoms with Crippen molar-refractivity contribution in [2.75, 3.05) is 7.11 Å². The van der Waals surface area contributed by atoms with Crippen LogP contribution in [0.2, 0.25) is 0 Å². The number of H-pyrrole nitrogens is 1. The Morgan fingerprint density at radius 3 is 2.26 bits per heavy atom. The summed E-state index contributed by atoms with van der Waals surface area (Å²) in [5.74, 6) is -3.31. The largest absolute Gasteiger partial charge is 0.464 e. The predicted octanol–water partition coefficient (Wildman–Crippen LogP) is 4.17. The number of aromatic nitrogens is 3. The van der Waals surface area contributed by atoms with Crippen LogP contribution in [0.15, 0.2) is 48.5 Å². The molecule has 0 amide bonds. The molecule has 1 aromatic heterocycles. The zero-order chi connectivity index (χ0) is 19.0. The van der Waals surface area contributed by atoms with Crippen molar-refractivity contribution in [2.45, 2.75) is 18.3 Å². The van der Waals surface area contributed by atoms with Crippen LogP contribution in [0.1, 0.15) is 28.4 Å². The lowest BCUT2D eigenvalue weighted by molar-refractivity contribution is 0.0591. The molecule has 0 aliphatic heterocycles. The summed E-state index contributed by atoms with van der Waals surface area (Å²) in [5, 5.41) is 9.66. The average molecular weight is 371 g/mol. The van der Waals surface area contributed by atoms with Crippen LogP contribution < -0.4 is 4.74 Å². The summed E-state index contributed by atoms with van der Waals surface area (Å²) in [7, 11) is 1.24. The van der Waals surface area contributed by atoms with E-state index in [0.29, 0.717) is 11.3 Å². The first-order chi connectivity index (χ1) is 13.0. The highest BCUT2D eigenvalue weighted by Gasteiger charge is 2.57. The van der Waals surface area contributed by atoms with Gasteiger partial charge in [0.05, 0.1) is 13.0 Å². The molecule has 1 saturated carbocycles. The predicted molar refractivity (Wildman–Crippen MR) is 92.0 cm³/mol. The Hall–Kier alpha value is -3.29. The first-order valence-electron chi connectivity index (χ1n) is 8.23. The molecule has 2 aromatic carbocycles. The van der Waals surface area contributed by atoms with Crippen molar-refractivity contribution >= 4 is 5.97 Å².